The highest BCUT2D eigenvalue weighted by Gasteiger charge is 2.39. The number of nitrogens with zero attached hydrogens (tertiary/aromatic N) is 6. The highest BCUT2D eigenvalue weighted by atomic mass is 19.1. The van der Waals surface area contributed by atoms with E-state index < -0.39 is 35.1 Å². The molecule has 1 fully saturated rings. The fourth-order valence-electron chi connectivity index (χ4n) is 6.03. The van der Waals surface area contributed by atoms with Gasteiger partial charge in [0.05, 0.1) is 30.1 Å². The number of amides is 1. The molecule has 11 nitrogen and oxygen atoms in total. The van der Waals surface area contributed by atoms with Crippen molar-refractivity contribution in [1.82, 2.24) is 24.4 Å². The number of fused-ring (bicyclic) bond motifs is 2. The Morgan fingerprint density at radius 3 is 2.59 bits per heavy atom. The number of halogens is 2. The van der Waals surface area contributed by atoms with Crippen LogP contribution in [-0.4, -0.2) is 75.5 Å². The van der Waals surface area contributed by atoms with Crippen LogP contribution in [0.3, 0.4) is 0 Å². The summed E-state index contributed by atoms with van der Waals surface area (Å²) in [5.41, 5.74) is -0.164. The van der Waals surface area contributed by atoms with Gasteiger partial charge in [-0.15, -0.1) is 0 Å². The maximum Gasteiger partial charge on any atom is 0.410 e. The molecule has 0 bridgehead atoms. The third kappa shape index (κ3) is 5.27. The molecule has 6 rings (SSSR count). The highest BCUT2D eigenvalue weighted by Crippen LogP contribution is 2.44. The molecular weight excluding hydrogens is 598 g/mol. The van der Waals surface area contributed by atoms with Crippen LogP contribution in [0.1, 0.15) is 51.8 Å². The van der Waals surface area contributed by atoms with Crippen molar-refractivity contribution in [3.63, 3.8) is 0 Å². The Hall–Kier alpha value is -4.81. The molecule has 46 heavy (non-hydrogen) atoms. The molecule has 2 aliphatic rings. The van der Waals surface area contributed by atoms with Gasteiger partial charge in [-0.05, 0) is 57.4 Å². The largest absolute Gasteiger partial charge is 0.496 e. The number of benzene rings is 1. The number of aromatic nitrogens is 4. The topological polar surface area (TPSA) is 112 Å². The second-order valence-electron chi connectivity index (χ2n) is 12.8. The van der Waals surface area contributed by atoms with Crippen LogP contribution in [0.5, 0.6) is 11.5 Å². The molecule has 0 N–H and O–H groups in total. The van der Waals surface area contributed by atoms with Gasteiger partial charge < -0.3 is 24.0 Å². The maximum atomic E-state index is 16.7. The SMILES string of the molecule is COc1cccc(F)c1-c1nc2c3c(nc(=O)n2-c2c(C)ccnc2C(C)C)N2CCN(C(=O)OC(C)(C)C)C[C@@H]2COc3c1F. The van der Waals surface area contributed by atoms with Crippen LogP contribution in [0.15, 0.2) is 35.3 Å². The van der Waals surface area contributed by atoms with Crippen LogP contribution in [-0.2, 0) is 4.74 Å². The van der Waals surface area contributed by atoms with E-state index in [2.05, 4.69) is 15.0 Å². The molecule has 1 saturated heterocycles. The second kappa shape index (κ2) is 11.5. The summed E-state index contributed by atoms with van der Waals surface area (Å²) in [6, 6.07) is 5.39. The molecule has 0 saturated carbocycles. The molecule has 242 valence electrons. The zero-order valence-corrected chi connectivity index (χ0v) is 26.9. The van der Waals surface area contributed by atoms with Gasteiger partial charge in [0.25, 0.3) is 0 Å². The summed E-state index contributed by atoms with van der Waals surface area (Å²) in [5, 5.41) is 0.155. The van der Waals surface area contributed by atoms with E-state index in [1.165, 1.54) is 29.9 Å². The first-order chi connectivity index (χ1) is 21.8. The molecule has 0 aliphatic carbocycles. The molecule has 0 spiro atoms. The van der Waals surface area contributed by atoms with Gasteiger partial charge in [-0.2, -0.15) is 4.98 Å². The number of carbonyl (C=O) groups excluding carboxylic acids is 1. The van der Waals surface area contributed by atoms with Gasteiger partial charge in [0, 0.05) is 25.8 Å². The normalized spacial score (nSPS) is 16.3. The molecule has 2 aliphatic heterocycles. The van der Waals surface area contributed by atoms with Gasteiger partial charge in [-0.25, -0.2) is 27.9 Å². The minimum atomic E-state index is -0.931. The molecule has 1 amide bonds. The van der Waals surface area contributed by atoms with Crippen LogP contribution < -0.4 is 20.1 Å². The van der Waals surface area contributed by atoms with Crippen LogP contribution in [0.2, 0.25) is 0 Å². The van der Waals surface area contributed by atoms with Crippen molar-refractivity contribution in [2.45, 2.75) is 59.1 Å². The number of pyridine rings is 2. The smallest absolute Gasteiger partial charge is 0.410 e. The lowest BCUT2D eigenvalue weighted by atomic mass is 10.0. The van der Waals surface area contributed by atoms with E-state index in [4.69, 9.17) is 14.2 Å². The average molecular weight is 635 g/mol. The van der Waals surface area contributed by atoms with Gasteiger partial charge in [-0.1, -0.05) is 19.9 Å². The number of anilines is 1. The lowest BCUT2D eigenvalue weighted by Crippen LogP contribution is -2.57. The first kappa shape index (κ1) is 31.2. The van der Waals surface area contributed by atoms with E-state index in [-0.39, 0.29) is 71.8 Å². The molecule has 5 heterocycles. The van der Waals surface area contributed by atoms with E-state index in [1.54, 1.807) is 37.9 Å². The molecular formula is C33H36F2N6O5. The summed E-state index contributed by atoms with van der Waals surface area (Å²) < 4.78 is 50.7. The third-order valence-corrected chi connectivity index (χ3v) is 8.09. The van der Waals surface area contributed by atoms with Gasteiger partial charge in [0.1, 0.15) is 40.7 Å². The van der Waals surface area contributed by atoms with Gasteiger partial charge in [-0.3, -0.25) is 4.98 Å². The van der Waals surface area contributed by atoms with Crippen molar-refractivity contribution < 1.29 is 27.8 Å². The Morgan fingerprint density at radius 2 is 1.89 bits per heavy atom. The van der Waals surface area contributed by atoms with Crippen LogP contribution in [0.4, 0.5) is 19.4 Å². The minimum Gasteiger partial charge on any atom is -0.496 e. The Kier molecular flexibility index (Phi) is 7.81. The van der Waals surface area contributed by atoms with Crippen molar-refractivity contribution in [2.75, 3.05) is 38.3 Å². The number of hydrogen-bond acceptors (Lipinski definition) is 9. The van der Waals surface area contributed by atoms with Gasteiger partial charge in [0.15, 0.2) is 17.2 Å². The minimum absolute atomic E-state index is 0.0277. The van der Waals surface area contributed by atoms with Crippen molar-refractivity contribution >= 4 is 22.9 Å². The number of carbonyl (C=O) groups is 1. The number of piperazine rings is 1. The number of hydrogen-bond donors (Lipinski definition) is 0. The molecule has 0 radical (unpaired) electrons. The second-order valence-corrected chi connectivity index (χ2v) is 12.8. The average Bonchev–Trinajstić information content (AvgIpc) is 3.15. The Balaban J connectivity index is 1.63. The summed E-state index contributed by atoms with van der Waals surface area (Å²) in [6.07, 6.45) is 1.17. The molecule has 3 aromatic heterocycles. The first-order valence-electron chi connectivity index (χ1n) is 15.1. The summed E-state index contributed by atoms with van der Waals surface area (Å²) >= 11 is 0. The van der Waals surface area contributed by atoms with Crippen molar-refractivity contribution in [3.05, 3.63) is 63.8 Å². The Morgan fingerprint density at radius 1 is 1.13 bits per heavy atom. The van der Waals surface area contributed by atoms with Crippen molar-refractivity contribution in [3.8, 4) is 28.4 Å². The summed E-state index contributed by atoms with van der Waals surface area (Å²) in [5.74, 6) is -1.79. The molecule has 4 aromatic rings. The highest BCUT2D eigenvalue weighted by molar-refractivity contribution is 5.97. The third-order valence-electron chi connectivity index (χ3n) is 8.09. The monoisotopic (exact) mass is 634 g/mol. The van der Waals surface area contributed by atoms with Crippen molar-refractivity contribution in [2.24, 2.45) is 0 Å². The number of rotatable bonds is 4. The lowest BCUT2D eigenvalue weighted by Gasteiger charge is -2.41. The standard InChI is InChI=1S/C33H36F2N6O5/c1-17(2)25-27(18(3)11-12-36-25)41-30-23-28(24(35)26(37-30)22-20(34)9-8-10-21(22)44-7)45-16-19-15-39(32(43)46-33(4,5)6)13-14-40(19)29(23)38-31(41)42/h8-12,17,19H,13-16H2,1-7H3/t19-/m1/s1. The van der Waals surface area contributed by atoms with Crippen molar-refractivity contribution in [1.29, 1.82) is 0 Å². The van der Waals surface area contributed by atoms with Crippen LogP contribution in [0.25, 0.3) is 28.0 Å². The quantitative estimate of drug-likeness (QED) is 0.292. The first-order valence-corrected chi connectivity index (χ1v) is 15.1. The number of ether oxygens (including phenoxy) is 3. The van der Waals surface area contributed by atoms with E-state index in [0.29, 0.717) is 16.9 Å². The van der Waals surface area contributed by atoms with Gasteiger partial charge in [0.2, 0.25) is 0 Å². The predicted octanol–water partition coefficient (Wildman–Crippen LogP) is 5.38. The zero-order chi connectivity index (χ0) is 33.1. The summed E-state index contributed by atoms with van der Waals surface area (Å²) in [7, 11) is 1.35. The fraction of sp³-hybridized carbons (Fsp3) is 0.424. The number of methoxy groups -OCH3 is 1. The van der Waals surface area contributed by atoms with E-state index in [0.717, 1.165) is 0 Å². The molecule has 1 atom stereocenters. The van der Waals surface area contributed by atoms with E-state index in [9.17, 15) is 9.59 Å². The lowest BCUT2D eigenvalue weighted by molar-refractivity contribution is 0.0201. The maximum absolute atomic E-state index is 16.7. The van der Waals surface area contributed by atoms with E-state index in [1.807, 2.05) is 25.7 Å². The predicted molar refractivity (Wildman–Crippen MR) is 168 cm³/mol. The van der Waals surface area contributed by atoms with Crippen LogP contribution in [0, 0.1) is 18.6 Å². The molecule has 1 aromatic carbocycles. The molecule has 0 unspecified atom stereocenters. The van der Waals surface area contributed by atoms with Gasteiger partial charge >= 0.3 is 11.8 Å². The van der Waals surface area contributed by atoms with E-state index >= 15 is 8.78 Å². The summed E-state index contributed by atoms with van der Waals surface area (Å²) in [4.78, 5) is 44.2. The number of aryl methyl sites for hydroxylation is 1. The summed E-state index contributed by atoms with van der Waals surface area (Å²) in [6.45, 7) is 11.7. The Bertz CT molecular complexity index is 1920. The molecule has 13 heteroatoms. The fourth-order valence-corrected chi connectivity index (χ4v) is 6.03. The van der Waals surface area contributed by atoms with Crippen LogP contribution >= 0.6 is 0 Å². The zero-order valence-electron chi connectivity index (χ0n) is 26.9. The Labute approximate surface area is 264 Å².